The molecule has 1 aromatic carbocycles. The number of hydrogen-bond donors (Lipinski definition) is 1. The van der Waals surface area contributed by atoms with E-state index in [1.807, 2.05) is 0 Å². The summed E-state index contributed by atoms with van der Waals surface area (Å²) in [4.78, 5) is 0. The van der Waals surface area contributed by atoms with E-state index in [0.29, 0.717) is 6.07 Å². The third-order valence-corrected chi connectivity index (χ3v) is 2.87. The Hall–Kier alpha value is -0.510. The van der Waals surface area contributed by atoms with Crippen molar-refractivity contribution in [2.75, 3.05) is 0 Å². The maximum atomic E-state index is 12.5. The molecule has 17 heavy (non-hydrogen) atoms. The van der Waals surface area contributed by atoms with Crippen molar-refractivity contribution in [1.82, 2.24) is 0 Å². The molecule has 1 rings (SSSR count). The van der Waals surface area contributed by atoms with E-state index in [0.717, 1.165) is 0 Å². The Balaban J connectivity index is 3.49. The highest BCUT2D eigenvalue weighted by molar-refractivity contribution is 14.1. The van der Waals surface area contributed by atoms with Gasteiger partial charge in [0.05, 0.1) is 17.7 Å². The van der Waals surface area contributed by atoms with Crippen LogP contribution in [-0.2, 0) is 19.0 Å². The van der Waals surface area contributed by atoms with Gasteiger partial charge in [-0.3, -0.25) is 0 Å². The maximum Gasteiger partial charge on any atom is 0.417 e. The third kappa shape index (κ3) is 3.24. The van der Waals surface area contributed by atoms with Gasteiger partial charge in [-0.15, -0.1) is 0 Å². The van der Waals surface area contributed by atoms with Crippen molar-refractivity contribution in [1.29, 1.82) is 0 Å². The molecule has 0 bridgehead atoms. The fourth-order valence-electron chi connectivity index (χ4n) is 1.23. The topological polar surface area (TPSA) is 20.2 Å². The Labute approximate surface area is 106 Å². The molecule has 0 aliphatic carbocycles. The normalized spacial score (nSPS) is 12.9. The molecular formula is C9H5F6IO. The molecule has 0 atom stereocenters. The summed E-state index contributed by atoms with van der Waals surface area (Å²) in [6.07, 6.45) is -9.78. The second-order valence-corrected chi connectivity index (χ2v) is 4.31. The fraction of sp³-hybridized carbons (Fsp3) is 0.333. The average molecular weight is 370 g/mol. The van der Waals surface area contributed by atoms with Gasteiger partial charge in [0.25, 0.3) is 0 Å². The lowest BCUT2D eigenvalue weighted by Crippen LogP contribution is -2.15. The van der Waals surface area contributed by atoms with Gasteiger partial charge in [-0.1, -0.05) is 0 Å². The molecule has 0 aliphatic heterocycles. The second kappa shape index (κ2) is 4.63. The van der Waals surface area contributed by atoms with E-state index in [1.54, 1.807) is 0 Å². The first-order valence-corrected chi connectivity index (χ1v) is 5.23. The molecule has 0 aromatic heterocycles. The van der Waals surface area contributed by atoms with Gasteiger partial charge in [0.1, 0.15) is 0 Å². The lowest BCUT2D eigenvalue weighted by molar-refractivity contribution is -0.144. The Morgan fingerprint density at radius 2 is 1.41 bits per heavy atom. The highest BCUT2D eigenvalue weighted by atomic mass is 127. The predicted octanol–water partition coefficient (Wildman–Crippen LogP) is 3.82. The molecule has 0 heterocycles. The van der Waals surface area contributed by atoms with E-state index in [1.165, 1.54) is 22.6 Å². The van der Waals surface area contributed by atoms with E-state index in [2.05, 4.69) is 0 Å². The zero-order valence-corrected chi connectivity index (χ0v) is 10.1. The van der Waals surface area contributed by atoms with Crippen LogP contribution in [0.3, 0.4) is 0 Å². The van der Waals surface area contributed by atoms with Crippen LogP contribution in [0, 0.1) is 3.57 Å². The first kappa shape index (κ1) is 14.6. The van der Waals surface area contributed by atoms with Crippen LogP contribution in [0.4, 0.5) is 26.3 Å². The monoisotopic (exact) mass is 370 g/mol. The van der Waals surface area contributed by atoms with Gasteiger partial charge in [-0.05, 0) is 40.3 Å². The zero-order chi connectivity index (χ0) is 13.4. The van der Waals surface area contributed by atoms with Crippen LogP contribution in [0.2, 0.25) is 0 Å². The van der Waals surface area contributed by atoms with Crippen LogP contribution in [0.5, 0.6) is 0 Å². The number of benzene rings is 1. The minimum absolute atomic E-state index is 0.0212. The minimum atomic E-state index is -4.93. The molecular weight excluding hydrogens is 365 g/mol. The number of hydrogen-bond acceptors (Lipinski definition) is 1. The van der Waals surface area contributed by atoms with Gasteiger partial charge < -0.3 is 5.11 Å². The summed E-state index contributed by atoms with van der Waals surface area (Å²) >= 11 is 1.28. The van der Waals surface area contributed by atoms with Gasteiger partial charge in [0, 0.05) is 3.57 Å². The van der Waals surface area contributed by atoms with Crippen molar-refractivity contribution in [3.05, 3.63) is 32.4 Å². The number of aliphatic hydroxyl groups excluding tert-OH is 1. The Morgan fingerprint density at radius 1 is 0.941 bits per heavy atom. The second-order valence-electron chi connectivity index (χ2n) is 3.14. The first-order chi connectivity index (χ1) is 7.57. The average Bonchev–Trinajstić information content (AvgIpc) is 2.13. The highest BCUT2D eigenvalue weighted by Crippen LogP contribution is 2.39. The summed E-state index contributed by atoms with van der Waals surface area (Å²) in [5, 5.41) is 8.72. The summed E-state index contributed by atoms with van der Waals surface area (Å²) in [7, 11) is 0. The minimum Gasteiger partial charge on any atom is -0.392 e. The standard InChI is InChI=1S/C9H5F6IO/c10-8(11,12)5-2-6(9(13,14)15)7(16)1-4(5)3-17/h1-2,17H,3H2. The van der Waals surface area contributed by atoms with E-state index < -0.39 is 35.6 Å². The largest absolute Gasteiger partial charge is 0.417 e. The van der Waals surface area contributed by atoms with Gasteiger partial charge in [-0.25, -0.2) is 0 Å². The smallest absolute Gasteiger partial charge is 0.392 e. The van der Waals surface area contributed by atoms with Crippen LogP contribution >= 0.6 is 22.6 Å². The molecule has 1 N–H and O–H groups in total. The zero-order valence-electron chi connectivity index (χ0n) is 7.95. The molecule has 0 unspecified atom stereocenters. The Kier molecular flexibility index (Phi) is 3.97. The van der Waals surface area contributed by atoms with Crippen molar-refractivity contribution < 1.29 is 31.4 Å². The van der Waals surface area contributed by atoms with Crippen LogP contribution in [-0.4, -0.2) is 5.11 Å². The first-order valence-electron chi connectivity index (χ1n) is 4.15. The maximum absolute atomic E-state index is 12.5. The summed E-state index contributed by atoms with van der Waals surface area (Å²) < 4.78 is 74.2. The predicted molar refractivity (Wildman–Crippen MR) is 55.1 cm³/mol. The molecule has 1 nitrogen and oxygen atoms in total. The molecule has 0 fully saturated rings. The molecule has 8 heteroatoms. The quantitative estimate of drug-likeness (QED) is 0.589. The van der Waals surface area contributed by atoms with Crippen LogP contribution in [0.15, 0.2) is 12.1 Å². The molecule has 0 radical (unpaired) electrons. The molecule has 0 saturated carbocycles. The van der Waals surface area contributed by atoms with E-state index >= 15 is 0 Å². The number of aliphatic hydroxyl groups is 1. The molecule has 0 spiro atoms. The van der Waals surface area contributed by atoms with Crippen LogP contribution in [0.25, 0.3) is 0 Å². The Morgan fingerprint density at radius 3 is 1.76 bits per heavy atom. The van der Waals surface area contributed by atoms with Crippen molar-refractivity contribution in [2.45, 2.75) is 19.0 Å². The molecule has 1 aromatic rings. The third-order valence-electron chi connectivity index (χ3n) is 1.97. The van der Waals surface area contributed by atoms with Crippen LogP contribution < -0.4 is 0 Å². The molecule has 0 amide bonds. The van der Waals surface area contributed by atoms with Gasteiger partial charge in [-0.2, -0.15) is 26.3 Å². The molecule has 0 aliphatic rings. The van der Waals surface area contributed by atoms with Crippen molar-refractivity contribution in [3.8, 4) is 0 Å². The van der Waals surface area contributed by atoms with E-state index in [-0.39, 0.29) is 9.64 Å². The number of alkyl halides is 6. The van der Waals surface area contributed by atoms with Gasteiger partial charge in [0.15, 0.2) is 0 Å². The van der Waals surface area contributed by atoms with Crippen molar-refractivity contribution >= 4 is 22.6 Å². The van der Waals surface area contributed by atoms with E-state index in [9.17, 15) is 26.3 Å². The van der Waals surface area contributed by atoms with Gasteiger partial charge in [0.2, 0.25) is 0 Å². The lowest BCUT2D eigenvalue weighted by Gasteiger charge is -2.16. The summed E-state index contributed by atoms with van der Waals surface area (Å²) in [6.45, 7) is -0.969. The van der Waals surface area contributed by atoms with Crippen LogP contribution in [0.1, 0.15) is 16.7 Å². The summed E-state index contributed by atoms with van der Waals surface area (Å²) in [6, 6.07) is 0.708. The fourth-order valence-corrected chi connectivity index (χ4v) is 2.06. The Bertz CT molecular complexity index is 423. The SMILES string of the molecule is OCc1cc(I)c(C(F)(F)F)cc1C(F)(F)F. The van der Waals surface area contributed by atoms with Crippen molar-refractivity contribution in [2.24, 2.45) is 0 Å². The molecule has 0 saturated heterocycles. The lowest BCUT2D eigenvalue weighted by atomic mass is 10.0. The highest BCUT2D eigenvalue weighted by Gasteiger charge is 2.39. The molecule has 96 valence electrons. The van der Waals surface area contributed by atoms with Gasteiger partial charge >= 0.3 is 12.4 Å². The number of halogens is 7. The summed E-state index contributed by atoms with van der Waals surface area (Å²) in [5.41, 5.74) is -3.40. The summed E-state index contributed by atoms with van der Waals surface area (Å²) in [5.74, 6) is 0. The van der Waals surface area contributed by atoms with E-state index in [4.69, 9.17) is 5.11 Å². The number of rotatable bonds is 1. The van der Waals surface area contributed by atoms with Crippen molar-refractivity contribution in [3.63, 3.8) is 0 Å².